The molecule has 1 saturated carbocycles. The van der Waals surface area contributed by atoms with Gasteiger partial charge in [-0.25, -0.2) is 4.79 Å². The molecule has 0 unspecified atom stereocenters. The number of carbonyl (C=O) groups is 1. The average molecular weight is 250 g/mol. The summed E-state index contributed by atoms with van der Waals surface area (Å²) in [5.74, 6) is -0.678. The van der Waals surface area contributed by atoms with Gasteiger partial charge in [0.05, 0.1) is 0 Å². The van der Waals surface area contributed by atoms with Gasteiger partial charge in [-0.05, 0) is 30.4 Å². The maximum atomic E-state index is 12.0. The summed E-state index contributed by atoms with van der Waals surface area (Å²) in [7, 11) is 1.49. The van der Waals surface area contributed by atoms with Crippen LogP contribution in [0.3, 0.4) is 0 Å². The molecule has 0 amide bonds. The van der Waals surface area contributed by atoms with Crippen molar-refractivity contribution in [2.75, 3.05) is 5.73 Å². The molecular weight excluding hydrogens is 232 g/mol. The van der Waals surface area contributed by atoms with Crippen molar-refractivity contribution in [3.63, 3.8) is 0 Å². The second-order valence-electron chi connectivity index (χ2n) is 4.90. The SMILES string of the molecule is Cn1c(N)cc(C2CCCCC2)c(C(=O)O)c1=O. The number of anilines is 1. The lowest BCUT2D eigenvalue weighted by atomic mass is 9.82. The molecule has 0 atom stereocenters. The van der Waals surface area contributed by atoms with Crippen LogP contribution in [0.2, 0.25) is 0 Å². The molecule has 3 N–H and O–H groups in total. The van der Waals surface area contributed by atoms with E-state index in [0.717, 1.165) is 25.7 Å². The van der Waals surface area contributed by atoms with Crippen LogP contribution in [0.4, 0.5) is 5.82 Å². The molecule has 18 heavy (non-hydrogen) atoms. The van der Waals surface area contributed by atoms with Crippen molar-refractivity contribution in [1.82, 2.24) is 4.57 Å². The minimum Gasteiger partial charge on any atom is -0.477 e. The van der Waals surface area contributed by atoms with Crippen molar-refractivity contribution >= 4 is 11.8 Å². The normalized spacial score (nSPS) is 16.7. The van der Waals surface area contributed by atoms with Gasteiger partial charge in [-0.15, -0.1) is 0 Å². The lowest BCUT2D eigenvalue weighted by molar-refractivity contribution is 0.0692. The summed E-state index contributed by atoms with van der Waals surface area (Å²) in [5.41, 5.74) is 5.76. The Balaban J connectivity index is 2.57. The predicted octanol–water partition coefficient (Wildman–Crippen LogP) is 1.71. The van der Waals surface area contributed by atoms with Crippen LogP contribution < -0.4 is 11.3 Å². The van der Waals surface area contributed by atoms with Crippen LogP contribution in [0.5, 0.6) is 0 Å². The smallest absolute Gasteiger partial charge is 0.341 e. The zero-order valence-corrected chi connectivity index (χ0v) is 10.5. The van der Waals surface area contributed by atoms with E-state index in [0.29, 0.717) is 11.4 Å². The Hall–Kier alpha value is -1.78. The Morgan fingerprint density at radius 1 is 1.39 bits per heavy atom. The zero-order valence-electron chi connectivity index (χ0n) is 10.5. The number of nitrogens with two attached hydrogens (primary N) is 1. The van der Waals surface area contributed by atoms with Gasteiger partial charge in [0.25, 0.3) is 5.56 Å². The molecule has 1 aromatic heterocycles. The largest absolute Gasteiger partial charge is 0.477 e. The fraction of sp³-hybridized carbons (Fsp3) is 0.538. The fourth-order valence-electron chi connectivity index (χ4n) is 2.69. The van der Waals surface area contributed by atoms with Crippen molar-refractivity contribution in [2.24, 2.45) is 7.05 Å². The molecular formula is C13H18N2O3. The van der Waals surface area contributed by atoms with Gasteiger partial charge in [0.15, 0.2) is 0 Å². The highest BCUT2D eigenvalue weighted by Gasteiger charge is 2.25. The first-order chi connectivity index (χ1) is 8.52. The van der Waals surface area contributed by atoms with Crippen LogP contribution in [-0.2, 0) is 7.05 Å². The van der Waals surface area contributed by atoms with Crippen LogP contribution >= 0.6 is 0 Å². The number of nitrogens with zero attached hydrogens (tertiary/aromatic N) is 1. The molecule has 5 nitrogen and oxygen atoms in total. The molecule has 5 heteroatoms. The molecule has 1 heterocycles. The summed E-state index contributed by atoms with van der Waals surface area (Å²) in [5, 5.41) is 9.24. The number of hydrogen-bond donors (Lipinski definition) is 2. The Kier molecular flexibility index (Phi) is 3.41. The van der Waals surface area contributed by atoms with Gasteiger partial charge in [-0.3, -0.25) is 9.36 Å². The number of aromatic carboxylic acids is 1. The second-order valence-corrected chi connectivity index (χ2v) is 4.90. The summed E-state index contributed by atoms with van der Waals surface area (Å²) in [6, 6.07) is 1.65. The molecule has 1 aliphatic carbocycles. The Morgan fingerprint density at radius 3 is 2.56 bits per heavy atom. The van der Waals surface area contributed by atoms with E-state index in [9.17, 15) is 14.7 Å². The number of carboxylic acid groups (broad SMARTS) is 1. The van der Waals surface area contributed by atoms with Gasteiger partial charge in [0, 0.05) is 7.05 Å². The summed E-state index contributed by atoms with van der Waals surface area (Å²) in [6.45, 7) is 0. The van der Waals surface area contributed by atoms with E-state index in [1.807, 2.05) is 0 Å². The summed E-state index contributed by atoms with van der Waals surface area (Å²) >= 11 is 0. The molecule has 0 saturated heterocycles. The molecule has 1 fully saturated rings. The first-order valence-corrected chi connectivity index (χ1v) is 6.25. The third-order valence-corrected chi connectivity index (χ3v) is 3.76. The minimum absolute atomic E-state index is 0.112. The molecule has 1 aliphatic rings. The van der Waals surface area contributed by atoms with Crippen molar-refractivity contribution in [1.29, 1.82) is 0 Å². The number of rotatable bonds is 2. The van der Waals surface area contributed by atoms with Crippen molar-refractivity contribution in [3.8, 4) is 0 Å². The third-order valence-electron chi connectivity index (χ3n) is 3.76. The quantitative estimate of drug-likeness (QED) is 0.836. The monoisotopic (exact) mass is 250 g/mol. The molecule has 0 spiro atoms. The lowest BCUT2D eigenvalue weighted by Gasteiger charge is -2.24. The van der Waals surface area contributed by atoms with E-state index in [-0.39, 0.29) is 11.5 Å². The number of carboxylic acids is 1. The van der Waals surface area contributed by atoms with Crippen LogP contribution in [-0.4, -0.2) is 15.6 Å². The fourth-order valence-corrected chi connectivity index (χ4v) is 2.69. The molecule has 0 aromatic carbocycles. The van der Waals surface area contributed by atoms with E-state index in [1.165, 1.54) is 18.0 Å². The Labute approximate surface area is 105 Å². The summed E-state index contributed by atoms with van der Waals surface area (Å²) in [4.78, 5) is 23.3. The molecule has 0 radical (unpaired) electrons. The third kappa shape index (κ3) is 2.12. The van der Waals surface area contributed by atoms with E-state index in [1.54, 1.807) is 6.07 Å². The lowest BCUT2D eigenvalue weighted by Crippen LogP contribution is -2.29. The first-order valence-electron chi connectivity index (χ1n) is 6.25. The molecule has 98 valence electrons. The van der Waals surface area contributed by atoms with Crippen molar-refractivity contribution in [2.45, 2.75) is 38.0 Å². The zero-order chi connectivity index (χ0) is 13.3. The second kappa shape index (κ2) is 4.84. The van der Waals surface area contributed by atoms with E-state index >= 15 is 0 Å². The van der Waals surface area contributed by atoms with Gasteiger partial charge in [0.2, 0.25) is 0 Å². The van der Waals surface area contributed by atoms with Gasteiger partial charge < -0.3 is 10.8 Å². The van der Waals surface area contributed by atoms with E-state index in [4.69, 9.17) is 5.73 Å². The van der Waals surface area contributed by atoms with Crippen LogP contribution in [0.15, 0.2) is 10.9 Å². The minimum atomic E-state index is -1.16. The highest BCUT2D eigenvalue weighted by molar-refractivity contribution is 5.89. The number of hydrogen-bond acceptors (Lipinski definition) is 3. The molecule has 2 rings (SSSR count). The van der Waals surface area contributed by atoms with Crippen LogP contribution in [0, 0.1) is 0 Å². The van der Waals surface area contributed by atoms with E-state index < -0.39 is 11.5 Å². The van der Waals surface area contributed by atoms with Crippen LogP contribution in [0.25, 0.3) is 0 Å². The molecule has 0 bridgehead atoms. The maximum absolute atomic E-state index is 12.0. The molecule has 1 aromatic rings. The number of pyridine rings is 1. The van der Waals surface area contributed by atoms with Gasteiger partial charge in [-0.1, -0.05) is 19.3 Å². The van der Waals surface area contributed by atoms with Crippen molar-refractivity contribution < 1.29 is 9.90 Å². The first kappa shape index (κ1) is 12.7. The predicted molar refractivity (Wildman–Crippen MR) is 68.9 cm³/mol. The van der Waals surface area contributed by atoms with Gasteiger partial charge in [0.1, 0.15) is 11.4 Å². The Bertz CT molecular complexity index is 528. The van der Waals surface area contributed by atoms with Crippen molar-refractivity contribution in [3.05, 3.63) is 27.5 Å². The highest BCUT2D eigenvalue weighted by atomic mass is 16.4. The Morgan fingerprint density at radius 2 is 2.00 bits per heavy atom. The number of nitrogen functional groups attached to an aromatic ring is 1. The van der Waals surface area contributed by atoms with E-state index in [2.05, 4.69) is 0 Å². The van der Waals surface area contributed by atoms with Crippen LogP contribution in [0.1, 0.15) is 53.9 Å². The maximum Gasteiger partial charge on any atom is 0.341 e. The highest BCUT2D eigenvalue weighted by Crippen LogP contribution is 2.34. The van der Waals surface area contributed by atoms with Gasteiger partial charge >= 0.3 is 5.97 Å². The topological polar surface area (TPSA) is 85.3 Å². The summed E-state index contributed by atoms with van der Waals surface area (Å²) in [6.07, 6.45) is 5.22. The average Bonchev–Trinajstić information content (AvgIpc) is 2.36. The van der Waals surface area contributed by atoms with Gasteiger partial charge in [-0.2, -0.15) is 0 Å². The summed E-state index contributed by atoms with van der Waals surface area (Å²) < 4.78 is 1.19. The molecule has 0 aliphatic heterocycles. The standard InChI is InChI=1S/C13H18N2O3/c1-15-10(14)7-9(8-5-3-2-4-6-8)11(12(15)16)13(17)18/h7-8H,2-6,14H2,1H3,(H,17,18). The number of aromatic nitrogens is 1.